The van der Waals surface area contributed by atoms with Crippen molar-refractivity contribution in [1.29, 1.82) is 5.26 Å². The fraction of sp³-hybridized carbons (Fsp3) is 0.312. The molecule has 0 spiro atoms. The largest absolute Gasteiger partial charge is 0.416 e. The topological polar surface area (TPSA) is 77.2 Å². The number of benzene rings is 1. The molecule has 1 aliphatic heterocycles. The molecule has 0 bridgehead atoms. The van der Waals surface area contributed by atoms with E-state index in [0.29, 0.717) is 10.8 Å². The molecule has 0 saturated carbocycles. The van der Waals surface area contributed by atoms with Crippen LogP contribution in [0.1, 0.15) is 18.5 Å². The van der Waals surface area contributed by atoms with Crippen LogP contribution in [0, 0.1) is 11.3 Å². The maximum atomic E-state index is 12.8. The predicted molar refractivity (Wildman–Crippen MR) is 79.0 cm³/mol. The molecule has 8 heteroatoms. The van der Waals surface area contributed by atoms with Gasteiger partial charge in [0.1, 0.15) is 11.8 Å². The molecule has 2 atom stereocenters. The fourth-order valence-corrected chi connectivity index (χ4v) is 2.96. The number of aromatic nitrogens is 1. The molecule has 3 rings (SSSR count). The van der Waals surface area contributed by atoms with Crippen LogP contribution in [0.2, 0.25) is 0 Å². The molecule has 1 aromatic carbocycles. The molecular formula is C16H12F3N3O2. The summed E-state index contributed by atoms with van der Waals surface area (Å²) in [5, 5.41) is 19.7. The average molecular weight is 335 g/mol. The first-order valence-corrected chi connectivity index (χ1v) is 7.18. The number of aliphatic hydroxyl groups excluding tert-OH is 1. The molecule has 124 valence electrons. The van der Waals surface area contributed by atoms with E-state index in [-0.39, 0.29) is 24.2 Å². The number of amides is 1. The van der Waals surface area contributed by atoms with Crippen LogP contribution in [0.5, 0.6) is 0 Å². The van der Waals surface area contributed by atoms with E-state index in [9.17, 15) is 23.1 Å². The summed E-state index contributed by atoms with van der Waals surface area (Å²) in [5.41, 5.74) is 0.451. The second kappa shape index (κ2) is 5.76. The van der Waals surface area contributed by atoms with E-state index < -0.39 is 24.2 Å². The monoisotopic (exact) mass is 335 g/mol. The first-order valence-electron chi connectivity index (χ1n) is 7.18. The third-order valence-electron chi connectivity index (χ3n) is 4.09. The lowest BCUT2D eigenvalue weighted by molar-refractivity contribution is -0.209. The van der Waals surface area contributed by atoms with Crippen LogP contribution in [-0.4, -0.2) is 34.3 Å². The van der Waals surface area contributed by atoms with Gasteiger partial charge in [0.15, 0.2) is 6.10 Å². The van der Waals surface area contributed by atoms with Crippen molar-refractivity contribution in [2.24, 2.45) is 0 Å². The van der Waals surface area contributed by atoms with E-state index in [0.717, 1.165) is 4.90 Å². The summed E-state index contributed by atoms with van der Waals surface area (Å²) in [6.45, 7) is 0. The molecule has 1 aromatic heterocycles. The van der Waals surface area contributed by atoms with Crippen LogP contribution >= 0.6 is 0 Å². The summed E-state index contributed by atoms with van der Waals surface area (Å²) < 4.78 is 38.5. The van der Waals surface area contributed by atoms with Gasteiger partial charge in [-0.2, -0.15) is 18.4 Å². The van der Waals surface area contributed by atoms with Gasteiger partial charge in [0.05, 0.1) is 6.04 Å². The van der Waals surface area contributed by atoms with Crippen molar-refractivity contribution >= 4 is 22.4 Å². The van der Waals surface area contributed by atoms with Crippen molar-refractivity contribution in [1.82, 2.24) is 4.98 Å². The van der Waals surface area contributed by atoms with Crippen LogP contribution in [0.25, 0.3) is 10.8 Å². The number of hydrogen-bond donors (Lipinski definition) is 1. The quantitative estimate of drug-likeness (QED) is 0.915. The molecular weight excluding hydrogens is 323 g/mol. The van der Waals surface area contributed by atoms with Gasteiger partial charge < -0.3 is 10.0 Å². The van der Waals surface area contributed by atoms with Gasteiger partial charge in [-0.3, -0.25) is 4.79 Å². The Balaban J connectivity index is 2.04. The number of hydrogen-bond acceptors (Lipinski definition) is 4. The molecule has 1 saturated heterocycles. The zero-order valence-corrected chi connectivity index (χ0v) is 12.3. The molecule has 1 amide bonds. The Morgan fingerprint density at radius 3 is 2.79 bits per heavy atom. The molecule has 1 fully saturated rings. The molecule has 0 unspecified atom stereocenters. The number of rotatable bonds is 2. The Kier molecular flexibility index (Phi) is 3.89. The maximum Gasteiger partial charge on any atom is 0.416 e. The van der Waals surface area contributed by atoms with Gasteiger partial charge in [-0.25, -0.2) is 4.98 Å². The Bertz CT molecular complexity index is 845. The summed E-state index contributed by atoms with van der Waals surface area (Å²) in [6.07, 6.45) is -6.12. The van der Waals surface area contributed by atoms with Gasteiger partial charge in [0.25, 0.3) is 0 Å². The number of alkyl halides is 3. The molecule has 2 aromatic rings. The highest BCUT2D eigenvalue weighted by atomic mass is 19.4. The number of halogens is 3. The molecule has 2 heterocycles. The zero-order chi connectivity index (χ0) is 17.5. The minimum Gasteiger partial charge on any atom is -0.382 e. The molecule has 1 aliphatic rings. The van der Waals surface area contributed by atoms with Crippen molar-refractivity contribution in [3.05, 3.63) is 36.2 Å². The molecule has 0 aliphatic carbocycles. The van der Waals surface area contributed by atoms with Gasteiger partial charge in [-0.1, -0.05) is 0 Å². The highest BCUT2D eigenvalue weighted by Gasteiger charge is 2.49. The summed E-state index contributed by atoms with van der Waals surface area (Å²) in [6, 6.07) is 6.71. The second-order valence-corrected chi connectivity index (χ2v) is 5.53. The van der Waals surface area contributed by atoms with Crippen LogP contribution in [0.15, 0.2) is 30.5 Å². The number of aliphatic hydroxyl groups is 1. The van der Waals surface area contributed by atoms with Crippen LogP contribution < -0.4 is 4.90 Å². The summed E-state index contributed by atoms with van der Waals surface area (Å²) in [7, 11) is 0. The summed E-state index contributed by atoms with van der Waals surface area (Å²) in [4.78, 5) is 17.0. The number of nitriles is 1. The van der Waals surface area contributed by atoms with Gasteiger partial charge in [-0.05, 0) is 36.1 Å². The van der Waals surface area contributed by atoms with E-state index >= 15 is 0 Å². The second-order valence-electron chi connectivity index (χ2n) is 5.53. The Hall–Kier alpha value is -2.66. The lowest BCUT2D eigenvalue weighted by Gasteiger charge is -2.30. The zero-order valence-electron chi connectivity index (χ0n) is 12.3. The summed E-state index contributed by atoms with van der Waals surface area (Å²) in [5.74, 6) is -0.475. The number of pyridine rings is 1. The SMILES string of the molecule is N#Cc1nccc2cc(N3C(=O)CC[C@H]3[C@@H](O)C(F)(F)F)ccc12. The van der Waals surface area contributed by atoms with E-state index in [1.54, 1.807) is 12.1 Å². The van der Waals surface area contributed by atoms with Crippen molar-refractivity contribution in [2.75, 3.05) is 4.90 Å². The van der Waals surface area contributed by atoms with Gasteiger partial charge in [0.2, 0.25) is 5.91 Å². The number of carbonyl (C=O) groups excluding carboxylic acids is 1. The third kappa shape index (κ3) is 2.67. The third-order valence-corrected chi connectivity index (χ3v) is 4.09. The number of anilines is 1. The predicted octanol–water partition coefficient (Wildman–Crippen LogP) is 2.53. The molecule has 1 N–H and O–H groups in total. The Morgan fingerprint density at radius 1 is 1.38 bits per heavy atom. The number of nitrogens with zero attached hydrogens (tertiary/aromatic N) is 3. The fourth-order valence-electron chi connectivity index (χ4n) is 2.96. The van der Waals surface area contributed by atoms with Crippen molar-refractivity contribution in [3.8, 4) is 6.07 Å². The number of fused-ring (bicyclic) bond motifs is 1. The number of carbonyl (C=O) groups is 1. The van der Waals surface area contributed by atoms with E-state index in [2.05, 4.69) is 4.98 Å². The van der Waals surface area contributed by atoms with Gasteiger partial charge in [0, 0.05) is 23.7 Å². The Labute approximate surface area is 134 Å². The average Bonchev–Trinajstić information content (AvgIpc) is 2.93. The normalized spacial score (nSPS) is 19.5. The lowest BCUT2D eigenvalue weighted by atomic mass is 10.1. The van der Waals surface area contributed by atoms with E-state index in [1.165, 1.54) is 18.3 Å². The van der Waals surface area contributed by atoms with Crippen LogP contribution in [-0.2, 0) is 4.79 Å². The van der Waals surface area contributed by atoms with Crippen molar-refractivity contribution in [2.45, 2.75) is 31.2 Å². The standard InChI is InChI=1S/C16H12F3N3O2/c17-16(18,19)15(24)13-3-4-14(23)22(13)10-1-2-11-9(7-10)5-6-21-12(11)8-20/h1-2,5-7,13,15,24H,3-4H2/t13-,15+/m0/s1. The van der Waals surface area contributed by atoms with E-state index in [4.69, 9.17) is 5.26 Å². The van der Waals surface area contributed by atoms with Crippen LogP contribution in [0.4, 0.5) is 18.9 Å². The van der Waals surface area contributed by atoms with Crippen molar-refractivity contribution < 1.29 is 23.1 Å². The van der Waals surface area contributed by atoms with Crippen molar-refractivity contribution in [3.63, 3.8) is 0 Å². The first-order chi connectivity index (χ1) is 11.3. The smallest absolute Gasteiger partial charge is 0.382 e. The molecule has 5 nitrogen and oxygen atoms in total. The highest BCUT2D eigenvalue weighted by Crippen LogP contribution is 2.35. The summed E-state index contributed by atoms with van der Waals surface area (Å²) >= 11 is 0. The lowest BCUT2D eigenvalue weighted by Crippen LogP contribution is -2.48. The minimum atomic E-state index is -4.80. The van der Waals surface area contributed by atoms with Gasteiger partial charge >= 0.3 is 6.18 Å². The van der Waals surface area contributed by atoms with E-state index in [1.807, 2.05) is 6.07 Å². The Morgan fingerprint density at radius 2 is 2.12 bits per heavy atom. The minimum absolute atomic E-state index is 0.0599. The van der Waals surface area contributed by atoms with Crippen LogP contribution in [0.3, 0.4) is 0 Å². The highest BCUT2D eigenvalue weighted by molar-refractivity contribution is 5.99. The molecule has 0 radical (unpaired) electrons. The van der Waals surface area contributed by atoms with Gasteiger partial charge in [-0.15, -0.1) is 0 Å². The molecule has 24 heavy (non-hydrogen) atoms. The maximum absolute atomic E-state index is 12.8. The first kappa shape index (κ1) is 16.2.